The summed E-state index contributed by atoms with van der Waals surface area (Å²) in [6.07, 6.45) is 0. The molecule has 0 aliphatic rings. The van der Waals surface area contributed by atoms with E-state index in [1.807, 2.05) is 6.07 Å². The number of para-hydroxylation sites is 2. The standard InChI is InChI=1S/C40H25NO/c1-2-11-29(12-3-1)41(36-25-38-40(33-15-7-6-14-32(33)36)34-16-8-9-17-37(34)42-38)30-23-22-27-19-21-28-20-18-26-10-4-5-13-31(26)39(28)35(27)24-30/h1-25H. The Balaban J connectivity index is 1.39. The van der Waals surface area contributed by atoms with Crippen LogP contribution in [0.25, 0.3) is 65.0 Å². The molecule has 0 aliphatic heterocycles. The van der Waals surface area contributed by atoms with Gasteiger partial charge in [0.2, 0.25) is 0 Å². The van der Waals surface area contributed by atoms with Crippen molar-refractivity contribution in [3.05, 3.63) is 152 Å². The van der Waals surface area contributed by atoms with Crippen molar-refractivity contribution in [1.82, 2.24) is 0 Å². The molecular weight excluding hydrogens is 510 g/mol. The molecule has 9 rings (SSSR count). The summed E-state index contributed by atoms with van der Waals surface area (Å²) in [5.41, 5.74) is 5.10. The van der Waals surface area contributed by atoms with E-state index >= 15 is 0 Å². The number of benzene rings is 8. The Bertz CT molecular complexity index is 2470. The number of hydrogen-bond donors (Lipinski definition) is 0. The van der Waals surface area contributed by atoms with Crippen molar-refractivity contribution in [2.24, 2.45) is 0 Å². The first-order chi connectivity index (χ1) is 20.8. The summed E-state index contributed by atoms with van der Waals surface area (Å²) >= 11 is 0. The van der Waals surface area contributed by atoms with E-state index in [0.717, 1.165) is 39.0 Å². The summed E-state index contributed by atoms with van der Waals surface area (Å²) in [5.74, 6) is 0. The predicted molar refractivity (Wildman–Crippen MR) is 178 cm³/mol. The van der Waals surface area contributed by atoms with Crippen LogP contribution in [0.3, 0.4) is 0 Å². The van der Waals surface area contributed by atoms with Gasteiger partial charge in [-0.15, -0.1) is 0 Å². The molecule has 42 heavy (non-hydrogen) atoms. The maximum atomic E-state index is 6.47. The minimum absolute atomic E-state index is 0.892. The van der Waals surface area contributed by atoms with Crippen LogP contribution in [0.4, 0.5) is 17.1 Å². The fourth-order valence-corrected chi connectivity index (χ4v) is 6.71. The largest absolute Gasteiger partial charge is 0.456 e. The quantitative estimate of drug-likeness (QED) is 0.209. The number of nitrogens with zero attached hydrogens (tertiary/aromatic N) is 1. The van der Waals surface area contributed by atoms with E-state index in [1.165, 1.54) is 43.1 Å². The van der Waals surface area contributed by atoms with Crippen LogP contribution >= 0.6 is 0 Å². The van der Waals surface area contributed by atoms with Gasteiger partial charge in [0.15, 0.2) is 0 Å². The molecule has 0 spiro atoms. The Kier molecular flexibility index (Phi) is 4.93. The van der Waals surface area contributed by atoms with Crippen LogP contribution in [0.1, 0.15) is 0 Å². The van der Waals surface area contributed by atoms with Crippen LogP contribution < -0.4 is 4.90 Å². The van der Waals surface area contributed by atoms with Crippen LogP contribution in [0.15, 0.2) is 156 Å². The summed E-state index contributed by atoms with van der Waals surface area (Å²) in [7, 11) is 0. The molecule has 0 amide bonds. The van der Waals surface area contributed by atoms with Gasteiger partial charge >= 0.3 is 0 Å². The van der Waals surface area contributed by atoms with E-state index in [-0.39, 0.29) is 0 Å². The first-order valence-corrected chi connectivity index (χ1v) is 14.4. The van der Waals surface area contributed by atoms with Gasteiger partial charge in [-0.05, 0) is 68.0 Å². The zero-order chi connectivity index (χ0) is 27.6. The van der Waals surface area contributed by atoms with Gasteiger partial charge in [-0.2, -0.15) is 0 Å². The predicted octanol–water partition coefficient (Wildman–Crippen LogP) is 11.7. The van der Waals surface area contributed by atoms with E-state index in [0.29, 0.717) is 0 Å². The lowest BCUT2D eigenvalue weighted by molar-refractivity contribution is 0.669. The Hall–Kier alpha value is -5.60. The molecule has 0 saturated heterocycles. The number of anilines is 3. The van der Waals surface area contributed by atoms with E-state index in [4.69, 9.17) is 4.42 Å². The molecule has 0 radical (unpaired) electrons. The molecule has 8 aromatic carbocycles. The molecule has 0 fully saturated rings. The van der Waals surface area contributed by atoms with Gasteiger partial charge in [0.05, 0.1) is 5.69 Å². The Morgan fingerprint density at radius 1 is 0.357 bits per heavy atom. The number of rotatable bonds is 3. The highest BCUT2D eigenvalue weighted by Gasteiger charge is 2.20. The van der Waals surface area contributed by atoms with Gasteiger partial charge in [-0.1, -0.05) is 115 Å². The molecule has 0 saturated carbocycles. The molecule has 1 heterocycles. The SMILES string of the molecule is c1ccc(N(c2ccc3ccc4ccc5ccccc5c4c3c2)c2cc3oc4ccccc4c3c3ccccc23)cc1. The van der Waals surface area contributed by atoms with Gasteiger partial charge < -0.3 is 9.32 Å². The van der Waals surface area contributed by atoms with Crippen molar-refractivity contribution in [1.29, 1.82) is 0 Å². The lowest BCUT2D eigenvalue weighted by Crippen LogP contribution is -2.10. The fraction of sp³-hybridized carbons (Fsp3) is 0. The smallest absolute Gasteiger partial charge is 0.138 e. The molecule has 0 aliphatic carbocycles. The lowest BCUT2D eigenvalue weighted by atomic mass is 9.95. The molecule has 0 bridgehead atoms. The average Bonchev–Trinajstić information content (AvgIpc) is 3.44. The molecule has 2 heteroatoms. The Morgan fingerprint density at radius 2 is 0.976 bits per heavy atom. The van der Waals surface area contributed by atoms with Crippen LogP contribution in [0.5, 0.6) is 0 Å². The Morgan fingerprint density at radius 3 is 1.81 bits per heavy atom. The third kappa shape index (κ3) is 3.39. The fourth-order valence-electron chi connectivity index (χ4n) is 6.71. The zero-order valence-corrected chi connectivity index (χ0v) is 22.8. The van der Waals surface area contributed by atoms with Gasteiger partial charge in [0.25, 0.3) is 0 Å². The third-order valence-electron chi connectivity index (χ3n) is 8.59. The van der Waals surface area contributed by atoms with Crippen LogP contribution in [-0.2, 0) is 0 Å². The molecule has 1 aromatic heterocycles. The Labute approximate surface area is 242 Å². The van der Waals surface area contributed by atoms with Crippen LogP contribution in [-0.4, -0.2) is 0 Å². The average molecular weight is 536 g/mol. The minimum atomic E-state index is 0.892. The zero-order valence-electron chi connectivity index (χ0n) is 22.8. The van der Waals surface area contributed by atoms with Gasteiger partial charge in [-0.25, -0.2) is 0 Å². The summed E-state index contributed by atoms with van der Waals surface area (Å²) in [5, 5.41) is 12.2. The molecule has 0 atom stereocenters. The van der Waals surface area contributed by atoms with Crippen molar-refractivity contribution in [2.75, 3.05) is 4.90 Å². The van der Waals surface area contributed by atoms with Crippen molar-refractivity contribution >= 4 is 82.1 Å². The van der Waals surface area contributed by atoms with E-state index in [2.05, 4.69) is 150 Å². The van der Waals surface area contributed by atoms with Gasteiger partial charge in [-0.3, -0.25) is 0 Å². The van der Waals surface area contributed by atoms with Crippen molar-refractivity contribution in [3.8, 4) is 0 Å². The summed E-state index contributed by atoms with van der Waals surface area (Å²) in [6, 6.07) is 54.3. The molecule has 9 aromatic rings. The second-order valence-electron chi connectivity index (χ2n) is 10.9. The second kappa shape index (κ2) is 8.95. The maximum Gasteiger partial charge on any atom is 0.138 e. The minimum Gasteiger partial charge on any atom is -0.456 e. The molecule has 0 unspecified atom stereocenters. The highest BCUT2D eigenvalue weighted by atomic mass is 16.3. The molecule has 2 nitrogen and oxygen atoms in total. The second-order valence-corrected chi connectivity index (χ2v) is 10.9. The van der Waals surface area contributed by atoms with Crippen LogP contribution in [0, 0.1) is 0 Å². The molecule has 196 valence electrons. The van der Waals surface area contributed by atoms with E-state index in [1.54, 1.807) is 0 Å². The van der Waals surface area contributed by atoms with E-state index in [9.17, 15) is 0 Å². The highest BCUT2D eigenvalue weighted by molar-refractivity contribution is 6.23. The first kappa shape index (κ1) is 23.1. The summed E-state index contributed by atoms with van der Waals surface area (Å²) in [4.78, 5) is 2.37. The van der Waals surface area contributed by atoms with Crippen molar-refractivity contribution in [2.45, 2.75) is 0 Å². The summed E-state index contributed by atoms with van der Waals surface area (Å²) in [6.45, 7) is 0. The normalized spacial score (nSPS) is 11.8. The highest BCUT2D eigenvalue weighted by Crippen LogP contribution is 2.45. The van der Waals surface area contributed by atoms with Crippen molar-refractivity contribution < 1.29 is 4.42 Å². The molecular formula is C40H25NO. The molecule has 0 N–H and O–H groups in total. The van der Waals surface area contributed by atoms with Gasteiger partial charge in [0.1, 0.15) is 11.2 Å². The topological polar surface area (TPSA) is 16.4 Å². The monoisotopic (exact) mass is 535 g/mol. The van der Waals surface area contributed by atoms with Crippen molar-refractivity contribution in [3.63, 3.8) is 0 Å². The summed E-state index contributed by atoms with van der Waals surface area (Å²) < 4.78 is 6.47. The third-order valence-corrected chi connectivity index (χ3v) is 8.59. The van der Waals surface area contributed by atoms with Gasteiger partial charge in [0, 0.05) is 33.6 Å². The van der Waals surface area contributed by atoms with E-state index < -0.39 is 0 Å². The number of hydrogen-bond acceptors (Lipinski definition) is 2. The first-order valence-electron chi connectivity index (χ1n) is 14.4. The lowest BCUT2D eigenvalue weighted by Gasteiger charge is -2.27. The maximum absolute atomic E-state index is 6.47. The number of fused-ring (bicyclic) bond motifs is 10. The van der Waals surface area contributed by atoms with Crippen LogP contribution in [0.2, 0.25) is 0 Å². The number of furan rings is 1.